The van der Waals surface area contributed by atoms with E-state index in [-0.39, 0.29) is 11.9 Å². The van der Waals surface area contributed by atoms with Crippen molar-refractivity contribution in [2.75, 3.05) is 26.6 Å². The second-order valence-electron chi connectivity index (χ2n) is 6.63. The third-order valence-corrected chi connectivity index (χ3v) is 4.94. The first-order valence-electron chi connectivity index (χ1n) is 8.73. The Morgan fingerprint density at radius 1 is 1.17 bits per heavy atom. The van der Waals surface area contributed by atoms with Crippen molar-refractivity contribution in [3.05, 3.63) is 17.7 Å². The number of likely N-dealkylation sites (N-methyl/N-ethyl adjacent to an activating group) is 1. The normalized spacial score (nSPS) is 16.4. The van der Waals surface area contributed by atoms with Gasteiger partial charge in [-0.2, -0.15) is 0 Å². The van der Waals surface area contributed by atoms with Crippen LogP contribution in [0.1, 0.15) is 44.6 Å². The van der Waals surface area contributed by atoms with Crippen LogP contribution < -0.4 is 14.8 Å². The number of rotatable bonds is 6. The Labute approximate surface area is 145 Å². The van der Waals surface area contributed by atoms with Gasteiger partial charge in [0, 0.05) is 24.8 Å². The summed E-state index contributed by atoms with van der Waals surface area (Å²) in [7, 11) is 5.16. The number of amides is 1. The summed E-state index contributed by atoms with van der Waals surface area (Å²) < 4.78 is 10.7. The van der Waals surface area contributed by atoms with Crippen LogP contribution in [0, 0.1) is 6.92 Å². The average molecular weight is 334 g/mol. The van der Waals surface area contributed by atoms with Gasteiger partial charge in [-0.3, -0.25) is 4.79 Å². The number of hydrogen-bond acceptors (Lipinski definition) is 4. The monoisotopic (exact) mass is 334 g/mol. The van der Waals surface area contributed by atoms with Crippen molar-refractivity contribution in [2.24, 2.45) is 0 Å². The molecule has 1 aromatic rings. The largest absolute Gasteiger partial charge is 0.493 e. The van der Waals surface area contributed by atoms with Crippen molar-refractivity contribution < 1.29 is 14.3 Å². The molecule has 1 aliphatic carbocycles. The molecule has 0 radical (unpaired) electrons. The van der Waals surface area contributed by atoms with E-state index in [1.165, 1.54) is 19.3 Å². The van der Waals surface area contributed by atoms with E-state index in [1.54, 1.807) is 14.2 Å². The van der Waals surface area contributed by atoms with Gasteiger partial charge in [-0.15, -0.1) is 0 Å². The van der Waals surface area contributed by atoms with Crippen molar-refractivity contribution in [2.45, 2.75) is 58.0 Å². The number of carbonyl (C=O) groups is 1. The van der Waals surface area contributed by atoms with Gasteiger partial charge >= 0.3 is 0 Å². The predicted molar refractivity (Wildman–Crippen MR) is 97.0 cm³/mol. The molecule has 24 heavy (non-hydrogen) atoms. The van der Waals surface area contributed by atoms with Crippen molar-refractivity contribution >= 4 is 11.6 Å². The molecule has 1 atom stereocenters. The second kappa shape index (κ2) is 8.27. The lowest BCUT2D eigenvalue weighted by Crippen LogP contribution is -2.45. The highest BCUT2D eigenvalue weighted by Gasteiger charge is 2.26. The molecule has 0 spiro atoms. The zero-order valence-corrected chi connectivity index (χ0v) is 15.5. The van der Waals surface area contributed by atoms with Gasteiger partial charge < -0.3 is 19.7 Å². The standard InChI is InChI=1S/C19H30N2O3/c1-13-11-17(23-4)18(24-5)12-16(13)20-14(2)19(22)21(3)15-9-7-6-8-10-15/h11-12,14-15,20H,6-10H2,1-5H3/t14-/m0/s1. The molecule has 0 aromatic heterocycles. The number of methoxy groups -OCH3 is 2. The summed E-state index contributed by atoms with van der Waals surface area (Å²) in [5.74, 6) is 1.49. The molecular weight excluding hydrogens is 304 g/mol. The first-order valence-corrected chi connectivity index (χ1v) is 8.73. The zero-order valence-electron chi connectivity index (χ0n) is 15.5. The average Bonchev–Trinajstić information content (AvgIpc) is 2.62. The number of anilines is 1. The lowest BCUT2D eigenvalue weighted by atomic mass is 9.94. The molecule has 1 N–H and O–H groups in total. The summed E-state index contributed by atoms with van der Waals surface area (Å²) in [6.45, 7) is 3.91. The van der Waals surface area contributed by atoms with Crippen LogP contribution in [-0.4, -0.2) is 44.2 Å². The van der Waals surface area contributed by atoms with E-state index in [1.807, 2.05) is 37.9 Å². The van der Waals surface area contributed by atoms with Gasteiger partial charge in [-0.05, 0) is 38.3 Å². The highest BCUT2D eigenvalue weighted by atomic mass is 16.5. The van der Waals surface area contributed by atoms with Crippen molar-refractivity contribution in [3.8, 4) is 11.5 Å². The molecular formula is C19H30N2O3. The minimum Gasteiger partial charge on any atom is -0.493 e. The Morgan fingerprint density at radius 3 is 2.33 bits per heavy atom. The lowest BCUT2D eigenvalue weighted by molar-refractivity contribution is -0.133. The van der Waals surface area contributed by atoms with E-state index in [0.29, 0.717) is 17.5 Å². The number of aryl methyl sites for hydroxylation is 1. The maximum absolute atomic E-state index is 12.7. The fourth-order valence-electron chi connectivity index (χ4n) is 3.38. The van der Waals surface area contributed by atoms with Gasteiger partial charge in [-0.1, -0.05) is 19.3 Å². The first kappa shape index (κ1) is 18.4. The fourth-order valence-corrected chi connectivity index (χ4v) is 3.38. The SMILES string of the molecule is COc1cc(C)c(N[C@@H](C)C(=O)N(C)C2CCCCC2)cc1OC. The van der Waals surface area contributed by atoms with Gasteiger partial charge in [0.1, 0.15) is 6.04 Å². The molecule has 1 aliphatic rings. The third-order valence-electron chi connectivity index (χ3n) is 4.94. The Morgan fingerprint density at radius 2 is 1.75 bits per heavy atom. The van der Waals surface area contributed by atoms with Gasteiger partial charge in [0.15, 0.2) is 11.5 Å². The van der Waals surface area contributed by atoms with Crippen molar-refractivity contribution in [1.82, 2.24) is 4.90 Å². The Bertz CT molecular complexity index is 568. The van der Waals surface area contributed by atoms with Crippen molar-refractivity contribution in [1.29, 1.82) is 0 Å². The Hall–Kier alpha value is -1.91. The van der Waals surface area contributed by atoms with Crippen LogP contribution in [0.5, 0.6) is 11.5 Å². The molecule has 134 valence electrons. The second-order valence-corrected chi connectivity index (χ2v) is 6.63. The molecule has 0 aliphatic heterocycles. The minimum atomic E-state index is -0.284. The summed E-state index contributed by atoms with van der Waals surface area (Å²) >= 11 is 0. The molecule has 1 fully saturated rings. The number of hydrogen-bond donors (Lipinski definition) is 1. The van der Waals surface area contributed by atoms with Crippen LogP contribution in [0.4, 0.5) is 5.69 Å². The summed E-state index contributed by atoms with van der Waals surface area (Å²) in [5.41, 5.74) is 1.91. The summed E-state index contributed by atoms with van der Waals surface area (Å²) in [5, 5.41) is 3.33. The zero-order chi connectivity index (χ0) is 17.7. The molecule has 0 saturated heterocycles. The maximum atomic E-state index is 12.7. The van der Waals surface area contributed by atoms with Crippen LogP contribution in [0.3, 0.4) is 0 Å². The van der Waals surface area contributed by atoms with Gasteiger partial charge in [0.2, 0.25) is 5.91 Å². The van der Waals surface area contributed by atoms with Crippen molar-refractivity contribution in [3.63, 3.8) is 0 Å². The quantitative estimate of drug-likeness (QED) is 0.863. The maximum Gasteiger partial charge on any atom is 0.244 e. The highest BCUT2D eigenvalue weighted by Crippen LogP contribution is 2.33. The fraction of sp³-hybridized carbons (Fsp3) is 0.632. The number of benzene rings is 1. The molecule has 2 rings (SSSR count). The van der Waals surface area contributed by atoms with Crippen LogP contribution in [0.2, 0.25) is 0 Å². The van der Waals surface area contributed by atoms with E-state index < -0.39 is 0 Å². The lowest BCUT2D eigenvalue weighted by Gasteiger charge is -2.33. The molecule has 0 bridgehead atoms. The van der Waals surface area contributed by atoms with Gasteiger partial charge in [0.05, 0.1) is 14.2 Å². The van der Waals surface area contributed by atoms with E-state index in [2.05, 4.69) is 5.32 Å². The molecule has 1 saturated carbocycles. The highest BCUT2D eigenvalue weighted by molar-refractivity contribution is 5.84. The van der Waals surface area contributed by atoms with E-state index in [4.69, 9.17) is 9.47 Å². The molecule has 5 nitrogen and oxygen atoms in total. The van der Waals surface area contributed by atoms with Crippen LogP contribution in [-0.2, 0) is 4.79 Å². The number of carbonyl (C=O) groups excluding carboxylic acids is 1. The number of nitrogens with zero attached hydrogens (tertiary/aromatic N) is 1. The van der Waals surface area contributed by atoms with Crippen LogP contribution in [0.25, 0.3) is 0 Å². The molecule has 5 heteroatoms. The Kier molecular flexibility index (Phi) is 6.35. The number of ether oxygens (including phenoxy) is 2. The number of nitrogens with one attached hydrogen (secondary N) is 1. The summed E-state index contributed by atoms with van der Waals surface area (Å²) in [4.78, 5) is 14.7. The van der Waals surface area contributed by atoms with Gasteiger partial charge in [0.25, 0.3) is 0 Å². The molecule has 0 unspecified atom stereocenters. The minimum absolute atomic E-state index is 0.135. The van der Waals surface area contributed by atoms with E-state index >= 15 is 0 Å². The summed E-state index contributed by atoms with van der Waals surface area (Å²) in [6.07, 6.45) is 5.96. The van der Waals surface area contributed by atoms with Gasteiger partial charge in [-0.25, -0.2) is 0 Å². The smallest absolute Gasteiger partial charge is 0.244 e. The first-order chi connectivity index (χ1) is 11.5. The third kappa shape index (κ3) is 4.13. The Balaban J connectivity index is 2.07. The molecule has 1 amide bonds. The van der Waals surface area contributed by atoms with Crippen LogP contribution in [0.15, 0.2) is 12.1 Å². The van der Waals surface area contributed by atoms with Crippen LogP contribution >= 0.6 is 0 Å². The van der Waals surface area contributed by atoms with E-state index in [9.17, 15) is 4.79 Å². The molecule has 0 heterocycles. The summed E-state index contributed by atoms with van der Waals surface area (Å²) in [6, 6.07) is 3.90. The predicted octanol–water partition coefficient (Wildman–Crippen LogP) is 3.60. The van der Waals surface area contributed by atoms with E-state index in [0.717, 1.165) is 24.1 Å². The molecule has 1 aromatic carbocycles. The topological polar surface area (TPSA) is 50.8 Å².